The fourth-order valence-electron chi connectivity index (χ4n) is 3.59. The van der Waals surface area contributed by atoms with E-state index in [-0.39, 0.29) is 0 Å². The first kappa shape index (κ1) is 23.5. The van der Waals surface area contributed by atoms with Gasteiger partial charge < -0.3 is 20.5 Å². The molecule has 5 nitrogen and oxygen atoms in total. The molecule has 1 fully saturated rings. The lowest BCUT2D eigenvalue weighted by Crippen LogP contribution is -2.35. The Morgan fingerprint density at radius 3 is 2.16 bits per heavy atom. The zero-order chi connectivity index (χ0) is 22.9. The molecule has 0 bridgehead atoms. The number of aromatic carboxylic acids is 1. The molecule has 32 heavy (non-hydrogen) atoms. The average Bonchev–Trinajstić information content (AvgIpc) is 2.82. The van der Waals surface area contributed by atoms with Crippen LogP contribution in [0.15, 0.2) is 72.8 Å². The van der Waals surface area contributed by atoms with E-state index in [4.69, 9.17) is 15.6 Å². The van der Waals surface area contributed by atoms with E-state index in [1.165, 1.54) is 5.56 Å². The number of carboxylic acid groups (broad SMARTS) is 1. The summed E-state index contributed by atoms with van der Waals surface area (Å²) in [5, 5.41) is 8.78. The molecule has 0 aromatic heterocycles. The number of benzene rings is 3. The number of ether oxygens (including phenoxy) is 1. The predicted octanol–water partition coefficient (Wildman–Crippen LogP) is 4.98. The van der Waals surface area contributed by atoms with Crippen molar-refractivity contribution in [2.75, 3.05) is 20.1 Å². The van der Waals surface area contributed by atoms with Gasteiger partial charge in [-0.15, -0.1) is 0 Å². The van der Waals surface area contributed by atoms with Crippen LogP contribution in [0.5, 0.6) is 5.75 Å². The molecule has 1 saturated heterocycles. The topological polar surface area (TPSA) is 75.8 Å². The average molecular weight is 433 g/mol. The third-order valence-corrected chi connectivity index (χ3v) is 5.62. The van der Waals surface area contributed by atoms with Crippen molar-refractivity contribution in [2.24, 2.45) is 5.73 Å². The highest BCUT2D eigenvalue weighted by Crippen LogP contribution is 2.21. The first-order valence-corrected chi connectivity index (χ1v) is 11.0. The summed E-state index contributed by atoms with van der Waals surface area (Å²) >= 11 is 0. The van der Waals surface area contributed by atoms with Crippen LogP contribution in [0.4, 0.5) is 0 Å². The van der Waals surface area contributed by atoms with E-state index in [9.17, 15) is 4.79 Å². The fourth-order valence-corrected chi connectivity index (χ4v) is 3.59. The summed E-state index contributed by atoms with van der Waals surface area (Å²) in [6.07, 6.45) is 2.59. The molecule has 0 amide bonds. The monoisotopic (exact) mass is 432 g/mol. The Hall–Kier alpha value is -3.15. The summed E-state index contributed by atoms with van der Waals surface area (Å²) in [5.41, 5.74) is 10.4. The number of rotatable bonds is 5. The van der Waals surface area contributed by atoms with E-state index in [0.717, 1.165) is 48.4 Å². The maximum absolute atomic E-state index is 10.7. The van der Waals surface area contributed by atoms with Crippen LogP contribution in [-0.4, -0.2) is 42.2 Å². The molecular formula is C27H32N2O3. The summed E-state index contributed by atoms with van der Waals surface area (Å²) in [6, 6.07) is 23.1. The van der Waals surface area contributed by atoms with Gasteiger partial charge in [-0.2, -0.15) is 0 Å². The number of likely N-dealkylation sites (tertiary alicyclic amines) is 1. The number of hydrogen-bond acceptors (Lipinski definition) is 4. The molecule has 1 aliphatic heterocycles. The van der Waals surface area contributed by atoms with Gasteiger partial charge in [0.15, 0.2) is 0 Å². The van der Waals surface area contributed by atoms with Gasteiger partial charge >= 0.3 is 5.97 Å². The summed E-state index contributed by atoms with van der Waals surface area (Å²) in [6.45, 7) is 4.87. The Balaban J connectivity index is 0.000000181. The normalized spacial score (nSPS) is 14.3. The molecule has 3 N–H and O–H groups in total. The molecule has 0 aliphatic carbocycles. The van der Waals surface area contributed by atoms with Crippen LogP contribution in [0.3, 0.4) is 0 Å². The van der Waals surface area contributed by atoms with Crippen molar-refractivity contribution < 1.29 is 14.6 Å². The molecule has 3 aromatic rings. The van der Waals surface area contributed by atoms with Crippen LogP contribution < -0.4 is 10.5 Å². The number of nitrogens with two attached hydrogens (primary N) is 1. The van der Waals surface area contributed by atoms with E-state index >= 15 is 0 Å². The van der Waals surface area contributed by atoms with Crippen LogP contribution in [0.2, 0.25) is 0 Å². The number of carboxylic acids is 1. The number of carbonyl (C=O) groups is 1. The predicted molar refractivity (Wildman–Crippen MR) is 129 cm³/mol. The SMILES string of the molecule is CN1CCC(Oc2cccc(CN)c2)CC1.Cc1ccc(-c2ccc(C(=O)O)cc2)cc1. The fraction of sp³-hybridized carbons (Fsp3) is 0.296. The molecule has 0 spiro atoms. The molecular weight excluding hydrogens is 400 g/mol. The Bertz CT molecular complexity index is 992. The summed E-state index contributed by atoms with van der Waals surface area (Å²) < 4.78 is 5.96. The first-order chi connectivity index (χ1) is 15.4. The molecule has 0 saturated carbocycles. The van der Waals surface area contributed by atoms with Crippen molar-refractivity contribution in [1.82, 2.24) is 4.90 Å². The van der Waals surface area contributed by atoms with Crippen LogP contribution in [0.1, 0.15) is 34.3 Å². The van der Waals surface area contributed by atoms with Crippen LogP contribution in [0, 0.1) is 6.92 Å². The number of piperidine rings is 1. The van der Waals surface area contributed by atoms with Gasteiger partial charge in [0.05, 0.1) is 5.56 Å². The smallest absolute Gasteiger partial charge is 0.335 e. The van der Waals surface area contributed by atoms with E-state index in [0.29, 0.717) is 18.2 Å². The Morgan fingerprint density at radius 2 is 1.59 bits per heavy atom. The van der Waals surface area contributed by atoms with Crippen LogP contribution in [0.25, 0.3) is 11.1 Å². The highest BCUT2D eigenvalue weighted by molar-refractivity contribution is 5.88. The molecule has 168 valence electrons. The number of hydrogen-bond donors (Lipinski definition) is 2. The highest BCUT2D eigenvalue weighted by atomic mass is 16.5. The van der Waals surface area contributed by atoms with Gasteiger partial charge in [0.25, 0.3) is 0 Å². The standard InChI is InChI=1S/C14H12O2.C13H20N2O/c1-10-2-4-11(5-3-10)12-6-8-13(9-7-12)14(15)16;1-15-7-5-12(6-8-15)16-13-4-2-3-11(9-13)10-14/h2-9H,1H3,(H,15,16);2-4,9,12H,5-8,10,14H2,1H3. The number of aryl methyl sites for hydroxylation is 1. The molecule has 1 heterocycles. The van der Waals surface area contributed by atoms with Crippen molar-refractivity contribution in [3.8, 4) is 16.9 Å². The van der Waals surface area contributed by atoms with Gasteiger partial charge in [-0.3, -0.25) is 0 Å². The van der Waals surface area contributed by atoms with E-state index in [2.05, 4.69) is 11.9 Å². The van der Waals surface area contributed by atoms with Gasteiger partial charge in [0, 0.05) is 19.6 Å². The lowest BCUT2D eigenvalue weighted by Gasteiger charge is -2.29. The van der Waals surface area contributed by atoms with E-state index in [1.807, 2.05) is 67.6 Å². The lowest BCUT2D eigenvalue weighted by atomic mass is 10.0. The van der Waals surface area contributed by atoms with Crippen molar-refractivity contribution >= 4 is 5.97 Å². The zero-order valence-electron chi connectivity index (χ0n) is 18.8. The van der Waals surface area contributed by atoms with Crippen LogP contribution in [-0.2, 0) is 6.54 Å². The second-order valence-corrected chi connectivity index (χ2v) is 8.22. The molecule has 3 aromatic carbocycles. The third-order valence-electron chi connectivity index (χ3n) is 5.62. The number of nitrogens with zero attached hydrogens (tertiary/aromatic N) is 1. The Morgan fingerprint density at radius 1 is 1.00 bits per heavy atom. The van der Waals surface area contributed by atoms with Gasteiger partial charge in [-0.1, -0.05) is 54.1 Å². The summed E-state index contributed by atoms with van der Waals surface area (Å²) in [4.78, 5) is 13.0. The maximum atomic E-state index is 10.7. The second-order valence-electron chi connectivity index (χ2n) is 8.22. The molecule has 5 heteroatoms. The minimum Gasteiger partial charge on any atom is -0.490 e. The van der Waals surface area contributed by atoms with E-state index in [1.54, 1.807) is 12.1 Å². The summed E-state index contributed by atoms with van der Waals surface area (Å²) in [7, 11) is 2.16. The Labute approximate surface area is 190 Å². The van der Waals surface area contributed by atoms with Gasteiger partial charge in [0.1, 0.15) is 11.9 Å². The largest absolute Gasteiger partial charge is 0.490 e. The molecule has 0 unspecified atom stereocenters. The first-order valence-electron chi connectivity index (χ1n) is 11.0. The highest BCUT2D eigenvalue weighted by Gasteiger charge is 2.17. The maximum Gasteiger partial charge on any atom is 0.335 e. The van der Waals surface area contributed by atoms with Crippen molar-refractivity contribution in [3.05, 3.63) is 89.5 Å². The summed E-state index contributed by atoms with van der Waals surface area (Å²) in [5.74, 6) is 0.0629. The molecule has 1 aliphatic rings. The lowest BCUT2D eigenvalue weighted by molar-refractivity contribution is 0.0697. The zero-order valence-corrected chi connectivity index (χ0v) is 18.8. The minimum atomic E-state index is -0.893. The molecule has 0 atom stereocenters. The van der Waals surface area contributed by atoms with Gasteiger partial charge in [-0.05, 0) is 67.8 Å². The minimum absolute atomic E-state index is 0.316. The Kier molecular flexibility index (Phi) is 8.42. The second kappa shape index (κ2) is 11.5. The van der Waals surface area contributed by atoms with Crippen molar-refractivity contribution in [2.45, 2.75) is 32.4 Å². The quantitative estimate of drug-likeness (QED) is 0.595. The molecule has 0 radical (unpaired) electrons. The van der Waals surface area contributed by atoms with Crippen molar-refractivity contribution in [1.29, 1.82) is 0 Å². The van der Waals surface area contributed by atoms with Gasteiger partial charge in [-0.25, -0.2) is 4.79 Å². The van der Waals surface area contributed by atoms with E-state index < -0.39 is 5.97 Å². The van der Waals surface area contributed by atoms with Crippen LogP contribution >= 0.6 is 0 Å². The van der Waals surface area contributed by atoms with Crippen molar-refractivity contribution in [3.63, 3.8) is 0 Å². The molecule has 4 rings (SSSR count). The third kappa shape index (κ3) is 6.94. The van der Waals surface area contributed by atoms with Gasteiger partial charge in [0.2, 0.25) is 0 Å².